The summed E-state index contributed by atoms with van der Waals surface area (Å²) in [5, 5.41) is 3.19. The van der Waals surface area contributed by atoms with Crippen LogP contribution < -0.4 is 5.32 Å². The minimum atomic E-state index is 0.304. The molecule has 0 spiro atoms. The summed E-state index contributed by atoms with van der Waals surface area (Å²) in [6.45, 7) is 4.38. The molecule has 0 aliphatic heterocycles. The highest BCUT2D eigenvalue weighted by atomic mass is 15.0. The molecule has 0 fully saturated rings. The van der Waals surface area contributed by atoms with Gasteiger partial charge < -0.3 is 5.32 Å². The van der Waals surface area contributed by atoms with Gasteiger partial charge in [-0.05, 0) is 30.4 Å². The van der Waals surface area contributed by atoms with Crippen molar-refractivity contribution in [2.75, 3.05) is 12.4 Å². The van der Waals surface area contributed by atoms with E-state index in [2.05, 4.69) is 40.2 Å². The van der Waals surface area contributed by atoms with Crippen molar-refractivity contribution in [1.29, 1.82) is 0 Å². The first-order chi connectivity index (χ1) is 9.72. The molecule has 1 aliphatic carbocycles. The van der Waals surface area contributed by atoms with E-state index in [-0.39, 0.29) is 0 Å². The van der Waals surface area contributed by atoms with Gasteiger partial charge in [-0.25, -0.2) is 9.97 Å². The van der Waals surface area contributed by atoms with Gasteiger partial charge in [-0.15, -0.1) is 0 Å². The molecule has 2 aromatic rings. The number of aromatic nitrogens is 3. The average Bonchev–Trinajstić information content (AvgIpc) is 2.90. The molecule has 0 aromatic carbocycles. The summed E-state index contributed by atoms with van der Waals surface area (Å²) in [4.78, 5) is 13.6. The molecule has 104 valence electrons. The number of anilines is 1. The first-order valence-electron chi connectivity index (χ1n) is 7.18. The number of pyridine rings is 1. The highest BCUT2D eigenvalue weighted by molar-refractivity contribution is 5.51. The van der Waals surface area contributed by atoms with Crippen LogP contribution in [-0.4, -0.2) is 22.0 Å². The predicted molar refractivity (Wildman–Crippen MR) is 80.1 cm³/mol. The molecule has 1 N–H and O–H groups in total. The van der Waals surface area contributed by atoms with Crippen LogP contribution in [0, 0.1) is 0 Å². The summed E-state index contributed by atoms with van der Waals surface area (Å²) in [7, 11) is 1.92. The van der Waals surface area contributed by atoms with Crippen molar-refractivity contribution in [2.45, 2.75) is 38.5 Å². The maximum absolute atomic E-state index is 4.60. The molecule has 3 rings (SSSR count). The quantitative estimate of drug-likeness (QED) is 0.929. The molecule has 4 heteroatoms. The Kier molecular flexibility index (Phi) is 3.38. The lowest BCUT2D eigenvalue weighted by Gasteiger charge is -2.19. The summed E-state index contributed by atoms with van der Waals surface area (Å²) < 4.78 is 0. The van der Waals surface area contributed by atoms with Gasteiger partial charge in [-0.3, -0.25) is 4.98 Å². The molecule has 0 saturated heterocycles. The van der Waals surface area contributed by atoms with E-state index in [0.29, 0.717) is 11.8 Å². The molecule has 2 heterocycles. The van der Waals surface area contributed by atoms with Crippen molar-refractivity contribution in [3.63, 3.8) is 0 Å². The second-order valence-electron chi connectivity index (χ2n) is 5.56. The van der Waals surface area contributed by atoms with Crippen LogP contribution in [0.15, 0.2) is 24.7 Å². The molecule has 20 heavy (non-hydrogen) atoms. The van der Waals surface area contributed by atoms with Crippen LogP contribution in [0.25, 0.3) is 0 Å². The number of fused-ring (bicyclic) bond motifs is 1. The van der Waals surface area contributed by atoms with Gasteiger partial charge in [-0.1, -0.05) is 19.9 Å². The Morgan fingerprint density at radius 1 is 1.20 bits per heavy atom. The predicted octanol–water partition coefficient (Wildman–Crippen LogP) is 3.11. The summed E-state index contributed by atoms with van der Waals surface area (Å²) in [5.74, 6) is 1.63. The van der Waals surface area contributed by atoms with Crippen LogP contribution in [0.1, 0.15) is 54.6 Å². The average molecular weight is 268 g/mol. The van der Waals surface area contributed by atoms with Crippen LogP contribution in [0.3, 0.4) is 0 Å². The third-order valence-corrected chi connectivity index (χ3v) is 4.02. The van der Waals surface area contributed by atoms with Gasteiger partial charge in [0.15, 0.2) is 0 Å². The zero-order valence-electron chi connectivity index (χ0n) is 12.2. The fraction of sp³-hybridized carbons (Fsp3) is 0.438. The van der Waals surface area contributed by atoms with E-state index in [9.17, 15) is 0 Å². The highest BCUT2D eigenvalue weighted by Gasteiger charge is 2.30. The van der Waals surface area contributed by atoms with E-state index in [1.54, 1.807) is 6.33 Å². The van der Waals surface area contributed by atoms with E-state index >= 15 is 0 Å². The standard InChI is InChI=1S/C16H20N4/c1-10(2)13-15(19-9-20-16(13)17-3)12-7-6-11-5-4-8-18-14(11)12/h4-5,8-10,12H,6-7H2,1-3H3,(H,17,19,20). The van der Waals surface area contributed by atoms with E-state index in [0.717, 1.165) is 24.4 Å². The number of nitrogens with zero attached hydrogens (tertiary/aromatic N) is 3. The van der Waals surface area contributed by atoms with E-state index in [1.807, 2.05) is 19.3 Å². The summed E-state index contributed by atoms with van der Waals surface area (Å²) in [6, 6.07) is 4.20. The lowest BCUT2D eigenvalue weighted by molar-refractivity contribution is 0.708. The van der Waals surface area contributed by atoms with Crippen LogP contribution in [0.2, 0.25) is 0 Å². The Labute approximate surface area is 119 Å². The number of hydrogen-bond acceptors (Lipinski definition) is 4. The molecule has 1 atom stereocenters. The van der Waals surface area contributed by atoms with Crippen LogP contribution in [-0.2, 0) is 6.42 Å². The van der Waals surface area contributed by atoms with Gasteiger partial charge in [-0.2, -0.15) is 0 Å². The highest BCUT2D eigenvalue weighted by Crippen LogP contribution is 2.40. The fourth-order valence-corrected chi connectivity index (χ4v) is 3.13. The maximum Gasteiger partial charge on any atom is 0.132 e. The Morgan fingerprint density at radius 2 is 2.05 bits per heavy atom. The van der Waals surface area contributed by atoms with Gasteiger partial charge >= 0.3 is 0 Å². The molecule has 0 bridgehead atoms. The van der Waals surface area contributed by atoms with Crippen molar-refractivity contribution < 1.29 is 0 Å². The van der Waals surface area contributed by atoms with Gasteiger partial charge in [0.1, 0.15) is 12.1 Å². The van der Waals surface area contributed by atoms with E-state index in [4.69, 9.17) is 0 Å². The topological polar surface area (TPSA) is 50.7 Å². The zero-order valence-corrected chi connectivity index (χ0v) is 12.2. The summed E-state index contributed by atoms with van der Waals surface area (Å²) in [6.07, 6.45) is 5.72. The Bertz CT molecular complexity index is 622. The third kappa shape index (κ3) is 2.05. The monoisotopic (exact) mass is 268 g/mol. The number of hydrogen-bond donors (Lipinski definition) is 1. The van der Waals surface area contributed by atoms with Gasteiger partial charge in [0.05, 0.1) is 11.4 Å². The van der Waals surface area contributed by atoms with Crippen LogP contribution in [0.5, 0.6) is 0 Å². The van der Waals surface area contributed by atoms with Gasteiger partial charge in [0.2, 0.25) is 0 Å². The Hall–Kier alpha value is -1.97. The van der Waals surface area contributed by atoms with Crippen molar-refractivity contribution in [3.05, 3.63) is 47.2 Å². The normalized spacial score (nSPS) is 17.3. The van der Waals surface area contributed by atoms with Gasteiger partial charge in [0.25, 0.3) is 0 Å². The SMILES string of the molecule is CNc1ncnc(C2CCc3cccnc32)c1C(C)C. The first-order valence-corrected chi connectivity index (χ1v) is 7.18. The minimum Gasteiger partial charge on any atom is -0.373 e. The smallest absolute Gasteiger partial charge is 0.132 e. The van der Waals surface area contributed by atoms with Crippen LogP contribution in [0.4, 0.5) is 5.82 Å². The van der Waals surface area contributed by atoms with E-state index in [1.165, 1.54) is 16.8 Å². The second-order valence-corrected chi connectivity index (χ2v) is 5.56. The second kappa shape index (κ2) is 5.19. The van der Waals surface area contributed by atoms with Crippen LogP contribution >= 0.6 is 0 Å². The van der Waals surface area contributed by atoms with Crippen molar-refractivity contribution in [3.8, 4) is 0 Å². The number of rotatable bonds is 3. The third-order valence-electron chi connectivity index (χ3n) is 4.02. The summed E-state index contributed by atoms with van der Waals surface area (Å²) >= 11 is 0. The Balaban J connectivity index is 2.12. The lowest BCUT2D eigenvalue weighted by Crippen LogP contribution is -2.11. The number of nitrogens with one attached hydrogen (secondary N) is 1. The molecular weight excluding hydrogens is 248 g/mol. The lowest BCUT2D eigenvalue weighted by atomic mass is 9.92. The van der Waals surface area contributed by atoms with Crippen molar-refractivity contribution in [2.24, 2.45) is 0 Å². The molecule has 0 amide bonds. The molecule has 1 unspecified atom stereocenters. The van der Waals surface area contributed by atoms with Gasteiger partial charge in [0, 0.05) is 24.7 Å². The number of aryl methyl sites for hydroxylation is 1. The van der Waals surface area contributed by atoms with Crippen molar-refractivity contribution >= 4 is 5.82 Å². The largest absolute Gasteiger partial charge is 0.373 e. The van der Waals surface area contributed by atoms with E-state index < -0.39 is 0 Å². The molecule has 2 aromatic heterocycles. The molecule has 4 nitrogen and oxygen atoms in total. The minimum absolute atomic E-state index is 0.304. The van der Waals surface area contributed by atoms with Crippen molar-refractivity contribution in [1.82, 2.24) is 15.0 Å². The molecular formula is C16H20N4. The fourth-order valence-electron chi connectivity index (χ4n) is 3.13. The molecule has 0 radical (unpaired) electrons. The maximum atomic E-state index is 4.60. The first kappa shape index (κ1) is 13.0. The Morgan fingerprint density at radius 3 is 2.80 bits per heavy atom. The molecule has 0 saturated carbocycles. The zero-order chi connectivity index (χ0) is 14.1. The molecule has 1 aliphatic rings. The summed E-state index contributed by atoms with van der Waals surface area (Å²) in [5.41, 5.74) is 4.90.